The summed E-state index contributed by atoms with van der Waals surface area (Å²) in [5, 5.41) is 4.41. The van der Waals surface area contributed by atoms with Gasteiger partial charge in [-0.25, -0.2) is 4.98 Å². The molecule has 4 nitrogen and oxygen atoms in total. The minimum absolute atomic E-state index is 0.174. The van der Waals surface area contributed by atoms with E-state index in [-0.39, 0.29) is 5.91 Å². The van der Waals surface area contributed by atoms with Gasteiger partial charge in [-0.1, -0.05) is 18.2 Å². The first kappa shape index (κ1) is 16.7. The first-order valence-electron chi connectivity index (χ1n) is 8.60. The third kappa shape index (κ3) is 3.76. The lowest BCUT2D eigenvalue weighted by Crippen LogP contribution is -2.34. The number of benzene rings is 1. The Kier molecular flexibility index (Phi) is 4.83. The number of fused-ring (bicyclic) bond motifs is 1. The number of aromatic nitrogens is 1. The minimum atomic E-state index is 0.174. The van der Waals surface area contributed by atoms with Crippen LogP contribution in [0.4, 0.5) is 0 Å². The first-order valence-corrected chi connectivity index (χ1v) is 10.3. The Morgan fingerprint density at radius 3 is 2.88 bits per heavy atom. The van der Waals surface area contributed by atoms with Gasteiger partial charge in [0.15, 0.2) is 0 Å². The summed E-state index contributed by atoms with van der Waals surface area (Å²) in [7, 11) is 0. The van der Waals surface area contributed by atoms with E-state index in [1.54, 1.807) is 22.7 Å². The molecule has 1 aliphatic heterocycles. The van der Waals surface area contributed by atoms with Crippen LogP contribution in [-0.4, -0.2) is 46.9 Å². The topological polar surface area (TPSA) is 36.4 Å². The van der Waals surface area contributed by atoms with Gasteiger partial charge in [0.1, 0.15) is 0 Å². The average molecular weight is 372 g/mol. The predicted octanol–water partition coefficient (Wildman–Crippen LogP) is 4.01. The largest absolute Gasteiger partial charge is 0.337 e. The van der Waals surface area contributed by atoms with E-state index in [0.717, 1.165) is 60.1 Å². The van der Waals surface area contributed by atoms with Crippen LogP contribution >= 0.6 is 22.7 Å². The van der Waals surface area contributed by atoms with Gasteiger partial charge in [0.05, 0.1) is 15.6 Å². The van der Waals surface area contributed by atoms with Crippen molar-refractivity contribution >= 4 is 38.7 Å². The van der Waals surface area contributed by atoms with E-state index in [1.807, 2.05) is 30.0 Å². The van der Waals surface area contributed by atoms with Crippen LogP contribution < -0.4 is 0 Å². The van der Waals surface area contributed by atoms with E-state index in [4.69, 9.17) is 0 Å². The van der Waals surface area contributed by atoms with Gasteiger partial charge >= 0.3 is 0 Å². The highest BCUT2D eigenvalue weighted by Gasteiger charge is 2.22. The highest BCUT2D eigenvalue weighted by atomic mass is 32.1. The van der Waals surface area contributed by atoms with Crippen molar-refractivity contribution in [1.82, 2.24) is 14.8 Å². The van der Waals surface area contributed by atoms with Crippen LogP contribution in [0.3, 0.4) is 0 Å². The zero-order chi connectivity index (χ0) is 17.2. The average Bonchev–Trinajstić information content (AvgIpc) is 3.15. The molecule has 6 heteroatoms. The molecule has 130 valence electrons. The van der Waals surface area contributed by atoms with Crippen LogP contribution in [0.2, 0.25) is 0 Å². The van der Waals surface area contributed by atoms with Gasteiger partial charge in [0.2, 0.25) is 0 Å². The van der Waals surface area contributed by atoms with Crippen LogP contribution in [0.1, 0.15) is 26.8 Å². The number of carbonyl (C=O) groups is 1. The molecule has 25 heavy (non-hydrogen) atoms. The lowest BCUT2D eigenvalue weighted by molar-refractivity contribution is 0.0766. The summed E-state index contributed by atoms with van der Waals surface area (Å²) in [5.41, 5.74) is 1.15. The standard InChI is InChI=1S/C19H21N3OS2/c1-14-20-16(13-24-14)12-21-7-4-8-22(10-9-21)19(23)18-11-15-5-2-3-6-17(15)25-18/h2-3,5-6,11,13H,4,7-10,12H2,1H3. The Balaban J connectivity index is 1.42. The number of aryl methyl sites for hydroxylation is 1. The van der Waals surface area contributed by atoms with Crippen LogP contribution in [-0.2, 0) is 6.54 Å². The number of hydrogen-bond acceptors (Lipinski definition) is 5. The van der Waals surface area contributed by atoms with Gasteiger partial charge in [0.25, 0.3) is 5.91 Å². The maximum atomic E-state index is 12.9. The fourth-order valence-electron chi connectivity index (χ4n) is 3.29. The van der Waals surface area contributed by atoms with Crippen molar-refractivity contribution in [2.24, 2.45) is 0 Å². The van der Waals surface area contributed by atoms with E-state index in [9.17, 15) is 4.79 Å². The molecule has 4 rings (SSSR count). The van der Waals surface area contributed by atoms with E-state index in [0.29, 0.717) is 0 Å². The van der Waals surface area contributed by atoms with Crippen molar-refractivity contribution in [2.75, 3.05) is 26.2 Å². The summed E-state index contributed by atoms with van der Waals surface area (Å²) < 4.78 is 1.18. The summed E-state index contributed by atoms with van der Waals surface area (Å²) in [6.45, 7) is 6.48. The molecule has 0 spiro atoms. The number of amides is 1. The summed E-state index contributed by atoms with van der Waals surface area (Å²) in [6, 6.07) is 10.2. The molecule has 3 heterocycles. The molecule has 1 aromatic carbocycles. The lowest BCUT2D eigenvalue weighted by Gasteiger charge is -2.21. The van der Waals surface area contributed by atoms with Gasteiger partial charge in [-0.2, -0.15) is 0 Å². The Morgan fingerprint density at radius 1 is 1.20 bits per heavy atom. The van der Waals surface area contributed by atoms with Crippen LogP contribution in [0.25, 0.3) is 10.1 Å². The molecule has 0 atom stereocenters. The summed E-state index contributed by atoms with van der Waals surface area (Å²) in [5.74, 6) is 0.174. The molecule has 0 N–H and O–H groups in total. The van der Waals surface area contributed by atoms with Crippen LogP contribution in [0, 0.1) is 6.92 Å². The number of rotatable bonds is 3. The molecule has 1 saturated heterocycles. The highest BCUT2D eigenvalue weighted by Crippen LogP contribution is 2.26. The van der Waals surface area contributed by atoms with Crippen molar-refractivity contribution in [3.8, 4) is 0 Å². The second kappa shape index (κ2) is 7.23. The molecule has 1 amide bonds. The fourth-order valence-corrected chi connectivity index (χ4v) is 4.92. The van der Waals surface area contributed by atoms with Crippen LogP contribution in [0.15, 0.2) is 35.7 Å². The molecule has 0 unspecified atom stereocenters. The van der Waals surface area contributed by atoms with E-state index < -0.39 is 0 Å². The summed E-state index contributed by atoms with van der Waals surface area (Å²) in [4.78, 5) is 22.7. The van der Waals surface area contributed by atoms with Gasteiger partial charge in [0, 0.05) is 42.8 Å². The minimum Gasteiger partial charge on any atom is -0.337 e. The third-order valence-corrected chi connectivity index (χ3v) is 6.49. The number of nitrogens with zero attached hydrogens (tertiary/aromatic N) is 3. The number of thiophene rings is 1. The lowest BCUT2D eigenvalue weighted by atomic mass is 10.2. The van der Waals surface area contributed by atoms with E-state index in [2.05, 4.69) is 27.4 Å². The van der Waals surface area contributed by atoms with Crippen molar-refractivity contribution in [3.63, 3.8) is 0 Å². The SMILES string of the molecule is Cc1nc(CN2CCCN(C(=O)c3cc4ccccc4s3)CC2)cs1. The predicted molar refractivity (Wildman–Crippen MR) is 104 cm³/mol. The molecule has 2 aromatic heterocycles. The fraction of sp³-hybridized carbons (Fsp3) is 0.368. The number of hydrogen-bond donors (Lipinski definition) is 0. The Hall–Kier alpha value is -1.76. The molecule has 3 aromatic rings. The van der Waals surface area contributed by atoms with E-state index >= 15 is 0 Å². The summed E-state index contributed by atoms with van der Waals surface area (Å²) >= 11 is 3.30. The van der Waals surface area contributed by atoms with Gasteiger partial charge in [-0.15, -0.1) is 22.7 Å². The normalized spacial score (nSPS) is 16.3. The monoisotopic (exact) mass is 371 g/mol. The maximum absolute atomic E-state index is 12.9. The zero-order valence-corrected chi connectivity index (χ0v) is 15.9. The van der Waals surface area contributed by atoms with Crippen molar-refractivity contribution in [1.29, 1.82) is 0 Å². The maximum Gasteiger partial charge on any atom is 0.264 e. The van der Waals surface area contributed by atoms with Crippen molar-refractivity contribution < 1.29 is 4.79 Å². The van der Waals surface area contributed by atoms with E-state index in [1.165, 1.54) is 4.70 Å². The molecule has 0 aliphatic carbocycles. The molecule has 0 saturated carbocycles. The summed E-state index contributed by atoms with van der Waals surface area (Å²) in [6.07, 6.45) is 1.01. The highest BCUT2D eigenvalue weighted by molar-refractivity contribution is 7.20. The second-order valence-corrected chi connectivity index (χ2v) is 8.57. The van der Waals surface area contributed by atoms with Gasteiger partial charge in [-0.05, 0) is 30.9 Å². The van der Waals surface area contributed by atoms with Gasteiger partial charge < -0.3 is 4.90 Å². The molecule has 0 bridgehead atoms. The second-order valence-electron chi connectivity index (χ2n) is 6.43. The molecular formula is C19H21N3OS2. The molecule has 0 radical (unpaired) electrons. The van der Waals surface area contributed by atoms with Crippen LogP contribution in [0.5, 0.6) is 0 Å². The zero-order valence-electron chi connectivity index (χ0n) is 14.3. The van der Waals surface area contributed by atoms with Crippen molar-refractivity contribution in [3.05, 3.63) is 51.3 Å². The molecule has 1 aliphatic rings. The number of carbonyl (C=O) groups excluding carboxylic acids is 1. The Morgan fingerprint density at radius 2 is 2.08 bits per heavy atom. The van der Waals surface area contributed by atoms with Crippen molar-refractivity contribution in [2.45, 2.75) is 19.9 Å². The molecule has 1 fully saturated rings. The number of thiazole rings is 1. The Labute approximate surface area is 155 Å². The quantitative estimate of drug-likeness (QED) is 0.698. The molecular weight excluding hydrogens is 350 g/mol. The van der Waals surface area contributed by atoms with Gasteiger partial charge in [-0.3, -0.25) is 9.69 Å². The Bertz CT molecular complexity index is 853. The first-order chi connectivity index (χ1) is 12.2. The third-order valence-electron chi connectivity index (χ3n) is 4.56. The smallest absolute Gasteiger partial charge is 0.264 e.